The summed E-state index contributed by atoms with van der Waals surface area (Å²) in [6, 6.07) is 14.8. The third kappa shape index (κ3) is 4.14. The highest BCUT2D eigenvalue weighted by Crippen LogP contribution is 2.19. The van der Waals surface area contributed by atoms with Crippen LogP contribution in [0.25, 0.3) is 17.0 Å². The Kier molecular flexibility index (Phi) is 4.95. The number of rotatable bonds is 7. The molecule has 0 saturated carbocycles. The molecular formula is C20H17NO4. The lowest BCUT2D eigenvalue weighted by Crippen LogP contribution is -2.04. The van der Waals surface area contributed by atoms with Crippen molar-refractivity contribution < 1.29 is 19.4 Å². The molecule has 0 radical (unpaired) electrons. The van der Waals surface area contributed by atoms with Gasteiger partial charge in [0.25, 0.3) is 0 Å². The molecule has 0 saturated heterocycles. The number of benzene rings is 2. The smallest absolute Gasteiger partial charge is 0.306 e. The fraction of sp³-hybridized carbons (Fsp3) is 0.100. The molecule has 5 nitrogen and oxygen atoms in total. The predicted molar refractivity (Wildman–Crippen MR) is 95.9 cm³/mol. The number of allylic oxidation sites excluding steroid dienone is 1. The van der Waals surface area contributed by atoms with Gasteiger partial charge in [0.2, 0.25) is 0 Å². The van der Waals surface area contributed by atoms with Crippen molar-refractivity contribution in [2.75, 3.05) is 6.61 Å². The maximum Gasteiger partial charge on any atom is 0.306 e. The molecule has 0 aliphatic heterocycles. The number of ether oxygens (including phenoxy) is 1. The number of carboxylic acid groups (broad SMARTS) is 1. The average Bonchev–Trinajstić information content (AvgIpc) is 3.05. The van der Waals surface area contributed by atoms with E-state index >= 15 is 0 Å². The van der Waals surface area contributed by atoms with Crippen LogP contribution in [0.4, 0.5) is 0 Å². The summed E-state index contributed by atoms with van der Waals surface area (Å²) in [4.78, 5) is 25.9. The van der Waals surface area contributed by atoms with Gasteiger partial charge in [-0.05, 0) is 29.8 Å². The summed E-state index contributed by atoms with van der Waals surface area (Å²) >= 11 is 0. The fourth-order valence-electron chi connectivity index (χ4n) is 2.47. The van der Waals surface area contributed by atoms with Gasteiger partial charge in [-0.1, -0.05) is 36.4 Å². The first kappa shape index (κ1) is 16.5. The van der Waals surface area contributed by atoms with E-state index in [0.717, 1.165) is 16.5 Å². The van der Waals surface area contributed by atoms with Gasteiger partial charge in [-0.2, -0.15) is 0 Å². The number of hydrogen-bond acceptors (Lipinski definition) is 3. The Bertz CT molecular complexity index is 922. The fourth-order valence-corrected chi connectivity index (χ4v) is 2.47. The van der Waals surface area contributed by atoms with Crippen molar-refractivity contribution in [2.45, 2.75) is 6.42 Å². The quantitative estimate of drug-likeness (QED) is 0.507. The Labute approximate surface area is 144 Å². The Hall–Kier alpha value is -3.34. The van der Waals surface area contributed by atoms with Gasteiger partial charge in [0.1, 0.15) is 5.75 Å². The van der Waals surface area contributed by atoms with Gasteiger partial charge in [-0.15, -0.1) is 0 Å². The van der Waals surface area contributed by atoms with Gasteiger partial charge in [0.15, 0.2) is 5.78 Å². The normalized spacial score (nSPS) is 11.0. The molecule has 0 aliphatic rings. The number of carbonyl (C=O) groups excluding carboxylic acids is 1. The number of para-hydroxylation sites is 1. The number of hydrogen-bond donors (Lipinski definition) is 2. The average molecular weight is 335 g/mol. The molecule has 3 aromatic rings. The van der Waals surface area contributed by atoms with Crippen LogP contribution in [0.2, 0.25) is 0 Å². The lowest BCUT2D eigenvalue weighted by atomic mass is 10.1. The molecule has 1 heterocycles. The molecule has 0 aliphatic carbocycles. The number of aromatic nitrogens is 1. The first-order chi connectivity index (χ1) is 12.1. The largest absolute Gasteiger partial charge is 0.493 e. The van der Waals surface area contributed by atoms with Gasteiger partial charge >= 0.3 is 5.97 Å². The molecular weight excluding hydrogens is 318 g/mol. The molecule has 25 heavy (non-hydrogen) atoms. The van der Waals surface area contributed by atoms with Crippen LogP contribution in [0.3, 0.4) is 0 Å². The maximum absolute atomic E-state index is 12.4. The number of nitrogens with one attached hydrogen (secondary N) is 1. The van der Waals surface area contributed by atoms with Gasteiger partial charge < -0.3 is 14.8 Å². The number of ketones is 1. The van der Waals surface area contributed by atoms with E-state index in [1.165, 1.54) is 6.08 Å². The van der Waals surface area contributed by atoms with Gasteiger partial charge in [0.05, 0.1) is 13.0 Å². The second-order valence-corrected chi connectivity index (χ2v) is 5.51. The first-order valence-corrected chi connectivity index (χ1v) is 7.86. The Morgan fingerprint density at radius 1 is 1.08 bits per heavy atom. The number of carbonyl (C=O) groups is 2. The molecule has 0 atom stereocenters. The van der Waals surface area contributed by atoms with E-state index < -0.39 is 5.97 Å². The highest BCUT2D eigenvalue weighted by atomic mass is 16.5. The predicted octanol–water partition coefficient (Wildman–Crippen LogP) is 3.92. The standard InChI is InChI=1S/C20H17NO4/c22-19(17-13-21-18-4-2-1-3-16(17)18)10-7-14-5-8-15(9-6-14)25-12-11-20(23)24/h1-10,13,21H,11-12H2,(H,23,24)/b10-7+. The number of carboxylic acids is 1. The molecule has 126 valence electrons. The third-order valence-corrected chi connectivity index (χ3v) is 3.75. The molecule has 2 aromatic carbocycles. The summed E-state index contributed by atoms with van der Waals surface area (Å²) in [5.74, 6) is -0.365. The van der Waals surface area contributed by atoms with Crippen molar-refractivity contribution in [1.82, 2.24) is 4.98 Å². The van der Waals surface area contributed by atoms with Crippen LogP contribution in [0, 0.1) is 0 Å². The molecule has 0 spiro atoms. The number of H-pyrrole nitrogens is 1. The van der Waals surface area contributed by atoms with E-state index in [1.54, 1.807) is 24.4 Å². The van der Waals surface area contributed by atoms with E-state index in [1.807, 2.05) is 36.4 Å². The lowest BCUT2D eigenvalue weighted by molar-refractivity contribution is -0.137. The molecule has 0 unspecified atom stereocenters. The third-order valence-electron chi connectivity index (χ3n) is 3.75. The summed E-state index contributed by atoms with van der Waals surface area (Å²) < 4.78 is 5.33. The minimum atomic E-state index is -0.893. The zero-order valence-electron chi connectivity index (χ0n) is 13.4. The molecule has 0 amide bonds. The van der Waals surface area contributed by atoms with E-state index in [4.69, 9.17) is 9.84 Å². The maximum atomic E-state index is 12.4. The van der Waals surface area contributed by atoms with E-state index in [-0.39, 0.29) is 18.8 Å². The van der Waals surface area contributed by atoms with Gasteiger partial charge in [-0.3, -0.25) is 9.59 Å². The van der Waals surface area contributed by atoms with Crippen molar-refractivity contribution in [3.63, 3.8) is 0 Å². The highest BCUT2D eigenvalue weighted by molar-refractivity contribution is 6.14. The zero-order chi connectivity index (χ0) is 17.6. The highest BCUT2D eigenvalue weighted by Gasteiger charge is 2.08. The van der Waals surface area contributed by atoms with Crippen molar-refractivity contribution >= 4 is 28.7 Å². The van der Waals surface area contributed by atoms with Crippen LogP contribution in [-0.2, 0) is 4.79 Å². The minimum absolute atomic E-state index is 0.0409. The summed E-state index contributed by atoms with van der Waals surface area (Å²) in [5, 5.41) is 9.48. The molecule has 0 bridgehead atoms. The van der Waals surface area contributed by atoms with Gasteiger partial charge in [0, 0.05) is 22.7 Å². The lowest BCUT2D eigenvalue weighted by Gasteiger charge is -2.04. The van der Waals surface area contributed by atoms with Gasteiger partial charge in [-0.25, -0.2) is 0 Å². The number of aliphatic carboxylic acids is 1. The minimum Gasteiger partial charge on any atom is -0.493 e. The Morgan fingerprint density at radius 2 is 1.84 bits per heavy atom. The van der Waals surface area contributed by atoms with Crippen LogP contribution in [0.1, 0.15) is 22.3 Å². The molecule has 3 rings (SSSR count). The summed E-state index contributed by atoms with van der Waals surface area (Å²) in [6.45, 7) is 0.129. The van der Waals surface area contributed by atoms with Crippen LogP contribution >= 0.6 is 0 Å². The number of aromatic amines is 1. The topological polar surface area (TPSA) is 79.4 Å². The van der Waals surface area contributed by atoms with E-state index in [2.05, 4.69) is 4.98 Å². The Morgan fingerprint density at radius 3 is 2.60 bits per heavy atom. The van der Waals surface area contributed by atoms with Crippen molar-refractivity contribution in [3.05, 3.63) is 71.9 Å². The van der Waals surface area contributed by atoms with E-state index in [0.29, 0.717) is 11.3 Å². The number of fused-ring (bicyclic) bond motifs is 1. The van der Waals surface area contributed by atoms with E-state index in [9.17, 15) is 9.59 Å². The van der Waals surface area contributed by atoms with Crippen LogP contribution in [0.15, 0.2) is 60.8 Å². The van der Waals surface area contributed by atoms with Crippen molar-refractivity contribution in [2.24, 2.45) is 0 Å². The summed E-state index contributed by atoms with van der Waals surface area (Å²) in [7, 11) is 0. The van der Waals surface area contributed by atoms with Crippen molar-refractivity contribution in [1.29, 1.82) is 0 Å². The Balaban J connectivity index is 1.65. The van der Waals surface area contributed by atoms with Crippen LogP contribution in [0.5, 0.6) is 5.75 Å². The van der Waals surface area contributed by atoms with Crippen LogP contribution in [-0.4, -0.2) is 28.4 Å². The first-order valence-electron chi connectivity index (χ1n) is 7.86. The molecule has 2 N–H and O–H groups in total. The second kappa shape index (κ2) is 7.49. The van der Waals surface area contributed by atoms with Crippen molar-refractivity contribution in [3.8, 4) is 5.75 Å². The SMILES string of the molecule is O=C(O)CCOc1ccc(/C=C/C(=O)c2c[nH]c3ccccc23)cc1. The molecule has 1 aromatic heterocycles. The summed E-state index contributed by atoms with van der Waals surface area (Å²) in [5.41, 5.74) is 2.43. The molecule has 5 heteroatoms. The summed E-state index contributed by atoms with van der Waals surface area (Å²) in [6.07, 6.45) is 4.96. The monoisotopic (exact) mass is 335 g/mol. The van der Waals surface area contributed by atoms with Crippen LogP contribution < -0.4 is 4.74 Å². The molecule has 0 fully saturated rings. The zero-order valence-corrected chi connectivity index (χ0v) is 13.4. The second-order valence-electron chi connectivity index (χ2n) is 5.51.